The molecular weight excluding hydrogens is 276 g/mol. The van der Waals surface area contributed by atoms with Crippen molar-refractivity contribution in [2.24, 2.45) is 23.4 Å². The van der Waals surface area contributed by atoms with E-state index < -0.39 is 0 Å². The van der Waals surface area contributed by atoms with Gasteiger partial charge in [0, 0.05) is 20.1 Å². The van der Waals surface area contributed by atoms with Gasteiger partial charge in [-0.25, -0.2) is 4.99 Å². The first kappa shape index (κ1) is 16.8. The minimum Gasteiger partial charge on any atom is -0.357 e. The summed E-state index contributed by atoms with van der Waals surface area (Å²) in [6.45, 7) is 9.13. The Morgan fingerprint density at radius 1 is 1.41 bits per heavy atom. The van der Waals surface area contributed by atoms with Crippen molar-refractivity contribution in [1.82, 2.24) is 25.4 Å². The smallest absolute Gasteiger partial charge is 0.191 e. The van der Waals surface area contributed by atoms with Crippen molar-refractivity contribution < 1.29 is 0 Å². The average molecular weight is 306 g/mol. The van der Waals surface area contributed by atoms with Gasteiger partial charge < -0.3 is 15.2 Å². The molecule has 1 saturated carbocycles. The summed E-state index contributed by atoms with van der Waals surface area (Å²) in [7, 11) is 1.94. The molecule has 0 bridgehead atoms. The van der Waals surface area contributed by atoms with Crippen LogP contribution in [0.25, 0.3) is 0 Å². The van der Waals surface area contributed by atoms with Crippen molar-refractivity contribution in [2.45, 2.75) is 53.0 Å². The molecule has 0 aliphatic heterocycles. The average Bonchev–Trinajstić information content (AvgIpc) is 2.83. The Labute approximate surface area is 133 Å². The number of hydrogen-bond donors (Lipinski definition) is 2. The number of aryl methyl sites for hydroxylation is 1. The Balaban J connectivity index is 1.92. The van der Waals surface area contributed by atoms with Gasteiger partial charge in [-0.05, 0) is 37.5 Å². The van der Waals surface area contributed by atoms with Crippen LogP contribution in [0.5, 0.6) is 0 Å². The maximum atomic E-state index is 4.63. The van der Waals surface area contributed by atoms with Crippen molar-refractivity contribution in [3.63, 3.8) is 0 Å². The fraction of sp³-hybridized carbons (Fsp3) is 0.812. The molecule has 6 nitrogen and oxygen atoms in total. The minimum absolute atomic E-state index is 0.467. The third-order valence-corrected chi connectivity index (χ3v) is 4.41. The molecule has 1 heterocycles. The first-order valence-corrected chi connectivity index (χ1v) is 8.40. The van der Waals surface area contributed by atoms with E-state index in [4.69, 9.17) is 0 Å². The fourth-order valence-corrected chi connectivity index (χ4v) is 3.21. The van der Waals surface area contributed by atoms with Gasteiger partial charge in [0.05, 0.1) is 0 Å². The zero-order valence-electron chi connectivity index (χ0n) is 14.4. The summed E-state index contributed by atoms with van der Waals surface area (Å²) in [5, 5.41) is 14.8. The van der Waals surface area contributed by atoms with Crippen LogP contribution in [0.4, 0.5) is 0 Å². The maximum absolute atomic E-state index is 4.63. The van der Waals surface area contributed by atoms with Gasteiger partial charge in [-0.1, -0.05) is 20.3 Å². The standard InChI is InChI=1S/C16H30N6/c1-5-17-15(18-10-14-21-20-12-22(14)4)19-11-16(7-6-8-16)9-13(2)3/h12-13H,5-11H2,1-4H3,(H2,17,18,19). The van der Waals surface area contributed by atoms with Crippen LogP contribution in [0.1, 0.15) is 52.3 Å². The highest BCUT2D eigenvalue weighted by Crippen LogP contribution is 2.45. The quantitative estimate of drug-likeness (QED) is 0.598. The molecule has 0 atom stereocenters. The highest BCUT2D eigenvalue weighted by atomic mass is 15.3. The van der Waals surface area contributed by atoms with E-state index in [-0.39, 0.29) is 0 Å². The van der Waals surface area contributed by atoms with Gasteiger partial charge in [-0.3, -0.25) is 0 Å². The zero-order valence-corrected chi connectivity index (χ0v) is 14.4. The molecule has 0 spiro atoms. The summed E-state index contributed by atoms with van der Waals surface area (Å²) in [6, 6.07) is 0. The van der Waals surface area contributed by atoms with Crippen molar-refractivity contribution in [2.75, 3.05) is 13.1 Å². The Bertz CT molecular complexity index is 487. The number of aromatic nitrogens is 3. The zero-order chi connectivity index (χ0) is 16.0. The predicted molar refractivity (Wildman–Crippen MR) is 89.6 cm³/mol. The Hall–Kier alpha value is -1.59. The number of nitrogens with zero attached hydrogens (tertiary/aromatic N) is 4. The first-order valence-electron chi connectivity index (χ1n) is 8.40. The van der Waals surface area contributed by atoms with E-state index in [1.54, 1.807) is 6.33 Å². The summed E-state index contributed by atoms with van der Waals surface area (Å²) in [5.74, 6) is 2.50. The topological polar surface area (TPSA) is 67.1 Å². The highest BCUT2D eigenvalue weighted by Gasteiger charge is 2.37. The normalized spacial score (nSPS) is 17.4. The molecule has 0 aromatic carbocycles. The van der Waals surface area contributed by atoms with Crippen LogP contribution < -0.4 is 10.6 Å². The lowest BCUT2D eigenvalue weighted by atomic mass is 9.64. The second-order valence-electron chi connectivity index (χ2n) is 6.86. The highest BCUT2D eigenvalue weighted by molar-refractivity contribution is 5.79. The molecule has 124 valence electrons. The predicted octanol–water partition coefficient (Wildman–Crippen LogP) is 2.09. The Morgan fingerprint density at radius 2 is 2.18 bits per heavy atom. The van der Waals surface area contributed by atoms with Crippen molar-refractivity contribution >= 4 is 5.96 Å². The summed E-state index contributed by atoms with van der Waals surface area (Å²) in [6.07, 6.45) is 7.03. The molecule has 2 N–H and O–H groups in total. The van der Waals surface area contributed by atoms with E-state index in [2.05, 4.69) is 46.6 Å². The summed E-state index contributed by atoms with van der Waals surface area (Å²) in [5.41, 5.74) is 0.467. The second kappa shape index (κ2) is 7.61. The van der Waals surface area contributed by atoms with Crippen molar-refractivity contribution in [3.05, 3.63) is 12.2 Å². The number of guanidine groups is 1. The van der Waals surface area contributed by atoms with Gasteiger partial charge in [-0.2, -0.15) is 0 Å². The van der Waals surface area contributed by atoms with E-state index in [1.807, 2.05) is 11.6 Å². The SMILES string of the molecule is CCNC(=NCc1nncn1C)NCC1(CC(C)C)CCC1. The molecule has 0 unspecified atom stereocenters. The second-order valence-corrected chi connectivity index (χ2v) is 6.86. The molecule has 1 aromatic heterocycles. The van der Waals surface area contributed by atoms with E-state index in [1.165, 1.54) is 25.7 Å². The molecule has 6 heteroatoms. The van der Waals surface area contributed by atoms with Crippen LogP contribution >= 0.6 is 0 Å². The molecule has 0 saturated heterocycles. The molecule has 0 amide bonds. The fourth-order valence-electron chi connectivity index (χ4n) is 3.21. The van der Waals surface area contributed by atoms with Crippen molar-refractivity contribution in [3.8, 4) is 0 Å². The lowest BCUT2D eigenvalue weighted by Gasteiger charge is -2.43. The molecule has 1 aliphatic carbocycles. The van der Waals surface area contributed by atoms with Crippen LogP contribution in [-0.2, 0) is 13.6 Å². The van der Waals surface area contributed by atoms with Crippen LogP contribution in [-0.4, -0.2) is 33.8 Å². The number of aliphatic imine (C=N–C) groups is 1. The van der Waals surface area contributed by atoms with Gasteiger partial charge >= 0.3 is 0 Å². The molecule has 0 radical (unpaired) electrons. The van der Waals surface area contributed by atoms with Crippen LogP contribution in [0.2, 0.25) is 0 Å². The Morgan fingerprint density at radius 3 is 2.68 bits per heavy atom. The van der Waals surface area contributed by atoms with E-state index in [9.17, 15) is 0 Å². The molecule has 1 aromatic rings. The lowest BCUT2D eigenvalue weighted by Crippen LogP contribution is -2.47. The van der Waals surface area contributed by atoms with Gasteiger partial charge in [0.2, 0.25) is 0 Å². The largest absolute Gasteiger partial charge is 0.357 e. The molecular formula is C16H30N6. The first-order chi connectivity index (χ1) is 10.5. The van der Waals surface area contributed by atoms with Gasteiger partial charge in [0.25, 0.3) is 0 Å². The third-order valence-electron chi connectivity index (χ3n) is 4.41. The Kier molecular flexibility index (Phi) is 5.80. The molecule has 1 aliphatic rings. The van der Waals surface area contributed by atoms with E-state index >= 15 is 0 Å². The third kappa shape index (κ3) is 4.45. The van der Waals surface area contributed by atoms with Crippen LogP contribution in [0.3, 0.4) is 0 Å². The number of nitrogens with one attached hydrogen (secondary N) is 2. The summed E-state index contributed by atoms with van der Waals surface area (Å²) >= 11 is 0. The van der Waals surface area contributed by atoms with Crippen molar-refractivity contribution in [1.29, 1.82) is 0 Å². The monoisotopic (exact) mass is 306 g/mol. The number of hydrogen-bond acceptors (Lipinski definition) is 3. The van der Waals surface area contributed by atoms with Gasteiger partial charge in [0.1, 0.15) is 12.9 Å². The van der Waals surface area contributed by atoms with Gasteiger partial charge in [-0.15, -0.1) is 10.2 Å². The van der Waals surface area contributed by atoms with E-state index in [0.29, 0.717) is 12.0 Å². The minimum atomic E-state index is 0.467. The summed E-state index contributed by atoms with van der Waals surface area (Å²) in [4.78, 5) is 4.63. The van der Waals surface area contributed by atoms with Crippen LogP contribution in [0, 0.1) is 11.3 Å². The maximum Gasteiger partial charge on any atom is 0.191 e. The lowest BCUT2D eigenvalue weighted by molar-refractivity contribution is 0.104. The molecule has 22 heavy (non-hydrogen) atoms. The summed E-state index contributed by atoms with van der Waals surface area (Å²) < 4.78 is 1.90. The molecule has 1 fully saturated rings. The van der Waals surface area contributed by atoms with Gasteiger partial charge in [0.15, 0.2) is 11.8 Å². The number of rotatable bonds is 7. The van der Waals surface area contributed by atoms with E-state index in [0.717, 1.165) is 30.8 Å². The van der Waals surface area contributed by atoms with Crippen LogP contribution in [0.15, 0.2) is 11.3 Å². The molecule has 2 rings (SSSR count).